The van der Waals surface area contributed by atoms with E-state index in [2.05, 4.69) is 38.2 Å². The SMILES string of the molecule is CC(C)C[C]1([Hf+3])C=CC=C1.CC[O-].CC[O-].CC[O-]. The summed E-state index contributed by atoms with van der Waals surface area (Å²) in [6.07, 6.45) is 10.4. The third-order valence-electron chi connectivity index (χ3n) is 1.64. The molecule has 4 heteroatoms. The number of hydrogen-bond donors (Lipinski definition) is 0. The molecule has 0 aromatic rings. The summed E-state index contributed by atoms with van der Waals surface area (Å²) in [5.41, 5.74) is 0. The Kier molecular flexibility index (Phi) is 23.3. The molecule has 0 aliphatic heterocycles. The predicted octanol–water partition coefficient (Wildman–Crippen LogP) is 0.964. The first-order valence-corrected chi connectivity index (χ1v) is 8.53. The number of rotatable bonds is 2. The second-order valence-electron chi connectivity index (χ2n) is 4.22. The molecule has 3 nitrogen and oxygen atoms in total. The summed E-state index contributed by atoms with van der Waals surface area (Å²) in [7, 11) is 0. The Hall–Kier alpha value is 0.230. The molecule has 0 atom stereocenters. The van der Waals surface area contributed by atoms with Gasteiger partial charge in [-0.3, -0.25) is 0 Å². The molecule has 0 amide bonds. The summed E-state index contributed by atoms with van der Waals surface area (Å²) >= 11 is 1.26. The molecule has 0 saturated heterocycles. The van der Waals surface area contributed by atoms with E-state index in [1.807, 2.05) is 0 Å². The molecule has 0 spiro atoms. The van der Waals surface area contributed by atoms with Crippen LogP contribution >= 0.6 is 0 Å². The third kappa shape index (κ3) is 23.7. The number of allylic oxidation sites excluding steroid dienone is 4. The molecular formula is C15H28HfO3. The van der Waals surface area contributed by atoms with Crippen molar-refractivity contribution >= 4 is 0 Å². The quantitative estimate of drug-likeness (QED) is 0.608. The van der Waals surface area contributed by atoms with Gasteiger partial charge in [-0.2, -0.15) is 0 Å². The molecule has 1 rings (SSSR count). The average molecular weight is 435 g/mol. The van der Waals surface area contributed by atoms with Gasteiger partial charge in [0.05, 0.1) is 0 Å². The molecule has 0 bridgehead atoms. The monoisotopic (exact) mass is 436 g/mol. The standard InChI is InChI=1S/C9H13.3C2H5O.Hf/c1-8(2)7-9-5-3-4-6-9;3*1-2-3;/h3-6,8H,7H2,1-2H3;3*2H2,1H3;/q;3*-1;+3. The van der Waals surface area contributed by atoms with Crippen LogP contribution in [0.3, 0.4) is 0 Å². The van der Waals surface area contributed by atoms with Crippen LogP contribution in [0.1, 0.15) is 41.0 Å². The molecular weight excluding hydrogens is 407 g/mol. The first kappa shape index (κ1) is 24.3. The van der Waals surface area contributed by atoms with Gasteiger partial charge in [0.1, 0.15) is 0 Å². The van der Waals surface area contributed by atoms with Crippen LogP contribution < -0.4 is 15.3 Å². The summed E-state index contributed by atoms with van der Waals surface area (Å²) in [5, 5.41) is 26.8. The van der Waals surface area contributed by atoms with E-state index in [1.165, 1.54) is 30.8 Å². The van der Waals surface area contributed by atoms with Crippen molar-refractivity contribution in [3.63, 3.8) is 0 Å². The largest absolute Gasteiger partial charge is 0.855 e. The molecule has 1 aliphatic rings. The van der Waals surface area contributed by atoms with Gasteiger partial charge in [0.25, 0.3) is 0 Å². The Bertz CT molecular complexity index is 197. The first-order chi connectivity index (χ1) is 8.87. The zero-order chi connectivity index (χ0) is 15.7. The normalized spacial score (nSPS) is 13.8. The van der Waals surface area contributed by atoms with Crippen molar-refractivity contribution in [2.24, 2.45) is 5.92 Å². The van der Waals surface area contributed by atoms with E-state index in [-0.39, 0.29) is 19.8 Å². The smallest absolute Gasteiger partial charge is 0.0809 e. The zero-order valence-corrected chi connectivity index (χ0v) is 16.5. The van der Waals surface area contributed by atoms with E-state index >= 15 is 0 Å². The van der Waals surface area contributed by atoms with Crippen molar-refractivity contribution in [3.8, 4) is 0 Å². The molecule has 0 heterocycles. The maximum absolute atomic E-state index is 8.93. The van der Waals surface area contributed by atoms with Crippen molar-refractivity contribution in [2.75, 3.05) is 19.8 Å². The summed E-state index contributed by atoms with van der Waals surface area (Å²) < 4.78 is 0.494. The van der Waals surface area contributed by atoms with Crippen molar-refractivity contribution in [1.29, 1.82) is 0 Å². The molecule has 0 saturated carbocycles. The van der Waals surface area contributed by atoms with Gasteiger partial charge in [0.15, 0.2) is 0 Å². The second kappa shape index (κ2) is 18.2. The molecule has 110 valence electrons. The minimum atomic E-state index is 0. The fourth-order valence-corrected chi connectivity index (χ4v) is 3.48. The van der Waals surface area contributed by atoms with Crippen LogP contribution in [0.2, 0.25) is 3.17 Å². The van der Waals surface area contributed by atoms with Crippen LogP contribution in [-0.2, 0) is 24.4 Å². The van der Waals surface area contributed by atoms with E-state index in [9.17, 15) is 0 Å². The van der Waals surface area contributed by atoms with E-state index in [0.29, 0.717) is 3.17 Å². The van der Waals surface area contributed by atoms with Crippen molar-refractivity contribution in [2.45, 2.75) is 44.2 Å². The van der Waals surface area contributed by atoms with Gasteiger partial charge < -0.3 is 15.3 Å². The van der Waals surface area contributed by atoms with Crippen LogP contribution in [0.4, 0.5) is 0 Å². The van der Waals surface area contributed by atoms with Crippen molar-refractivity contribution < 1.29 is 39.7 Å². The van der Waals surface area contributed by atoms with Crippen LogP contribution in [0.25, 0.3) is 0 Å². The maximum Gasteiger partial charge on any atom is -0.0809 e. The fourth-order valence-electron chi connectivity index (χ4n) is 1.32. The van der Waals surface area contributed by atoms with E-state index < -0.39 is 0 Å². The molecule has 0 aromatic carbocycles. The van der Waals surface area contributed by atoms with Crippen LogP contribution in [0.5, 0.6) is 0 Å². The van der Waals surface area contributed by atoms with Crippen LogP contribution in [0.15, 0.2) is 24.3 Å². The van der Waals surface area contributed by atoms with Gasteiger partial charge in [0.2, 0.25) is 0 Å². The van der Waals surface area contributed by atoms with Gasteiger partial charge in [-0.25, -0.2) is 0 Å². The minimum Gasteiger partial charge on any atom is -0.855 e. The van der Waals surface area contributed by atoms with Gasteiger partial charge >= 0.3 is 78.0 Å². The Labute approximate surface area is 134 Å². The summed E-state index contributed by atoms with van der Waals surface area (Å²) in [6.45, 7) is 9.29. The Morgan fingerprint density at radius 2 is 1.16 bits per heavy atom. The van der Waals surface area contributed by atoms with Crippen molar-refractivity contribution in [1.82, 2.24) is 0 Å². The molecule has 0 unspecified atom stereocenters. The van der Waals surface area contributed by atoms with Gasteiger partial charge in [-0.1, -0.05) is 20.8 Å². The van der Waals surface area contributed by atoms with Gasteiger partial charge in [-0.05, 0) is 0 Å². The first-order valence-electron chi connectivity index (χ1n) is 6.73. The molecule has 0 N–H and O–H groups in total. The second-order valence-corrected chi connectivity index (χ2v) is 7.57. The molecule has 0 radical (unpaired) electrons. The minimum absolute atomic E-state index is 0. The van der Waals surface area contributed by atoms with E-state index in [4.69, 9.17) is 15.3 Å². The van der Waals surface area contributed by atoms with Crippen LogP contribution in [0, 0.1) is 5.92 Å². The van der Waals surface area contributed by atoms with Crippen molar-refractivity contribution in [3.05, 3.63) is 24.3 Å². The molecule has 1 aliphatic carbocycles. The fraction of sp³-hybridized carbons (Fsp3) is 0.733. The van der Waals surface area contributed by atoms with E-state index in [1.54, 1.807) is 20.8 Å². The Morgan fingerprint density at radius 3 is 1.37 bits per heavy atom. The Morgan fingerprint density at radius 1 is 0.895 bits per heavy atom. The topological polar surface area (TPSA) is 69.2 Å². The van der Waals surface area contributed by atoms with E-state index in [0.717, 1.165) is 5.92 Å². The summed E-state index contributed by atoms with van der Waals surface area (Å²) in [6, 6.07) is 0. The third-order valence-corrected chi connectivity index (χ3v) is 3.58. The predicted molar refractivity (Wildman–Crippen MR) is 72.1 cm³/mol. The summed E-state index contributed by atoms with van der Waals surface area (Å²) in [4.78, 5) is 0. The van der Waals surface area contributed by atoms with Gasteiger partial charge in [-0.15, -0.1) is 19.8 Å². The summed E-state index contributed by atoms with van der Waals surface area (Å²) in [5.74, 6) is 0.824. The maximum atomic E-state index is 8.93. The zero-order valence-electron chi connectivity index (χ0n) is 12.9. The average Bonchev–Trinajstić information content (AvgIpc) is 2.67. The molecule has 0 aromatic heterocycles. The number of hydrogen-bond acceptors (Lipinski definition) is 3. The molecule has 0 fully saturated rings. The Balaban J connectivity index is -0.000000238. The molecule has 19 heavy (non-hydrogen) atoms. The van der Waals surface area contributed by atoms with Gasteiger partial charge in [0, 0.05) is 0 Å². The van der Waals surface area contributed by atoms with Crippen LogP contribution in [-0.4, -0.2) is 19.8 Å².